The lowest BCUT2D eigenvalue weighted by atomic mass is 9.91. The summed E-state index contributed by atoms with van der Waals surface area (Å²) in [5, 5.41) is 16.0. The number of ether oxygens (including phenoxy) is 1. The molecule has 3 fully saturated rings. The van der Waals surface area contributed by atoms with Crippen molar-refractivity contribution in [2.45, 2.75) is 63.2 Å². The fourth-order valence-corrected chi connectivity index (χ4v) is 7.36. The van der Waals surface area contributed by atoms with E-state index in [4.69, 9.17) is 4.74 Å². The summed E-state index contributed by atoms with van der Waals surface area (Å²) < 4.78 is 34.7. The Balaban J connectivity index is 1.62. The van der Waals surface area contributed by atoms with Crippen LogP contribution in [0.1, 0.15) is 51.8 Å². The van der Waals surface area contributed by atoms with Gasteiger partial charge in [0.1, 0.15) is 18.0 Å². The lowest BCUT2D eigenvalue weighted by Crippen LogP contribution is -2.62. The van der Waals surface area contributed by atoms with E-state index in [1.807, 2.05) is 6.92 Å². The van der Waals surface area contributed by atoms with Gasteiger partial charge < -0.3 is 15.2 Å². The lowest BCUT2D eigenvalue weighted by molar-refractivity contribution is -0.129. The highest BCUT2D eigenvalue weighted by Gasteiger charge is 2.49. The third-order valence-corrected chi connectivity index (χ3v) is 9.72. The Hall–Kier alpha value is -1.76. The summed E-state index contributed by atoms with van der Waals surface area (Å²) in [5.74, 6) is 0.914. The van der Waals surface area contributed by atoms with Crippen LogP contribution in [0.3, 0.4) is 0 Å². The topological polar surface area (TPSA) is 114 Å². The summed E-state index contributed by atoms with van der Waals surface area (Å²) >= 11 is 0. The molecule has 10 nitrogen and oxygen atoms in total. The quantitative estimate of drug-likeness (QED) is 0.383. The molecule has 0 aromatic heterocycles. The molecule has 4 unspecified atom stereocenters. The first-order valence-electron chi connectivity index (χ1n) is 13.7. The van der Waals surface area contributed by atoms with E-state index in [9.17, 15) is 18.3 Å². The molecule has 0 bridgehead atoms. The smallest absolute Gasteiger partial charge is 0.243 e. The van der Waals surface area contributed by atoms with Crippen molar-refractivity contribution in [3.05, 3.63) is 23.8 Å². The van der Waals surface area contributed by atoms with Crippen molar-refractivity contribution in [2.75, 3.05) is 59.0 Å². The van der Waals surface area contributed by atoms with Gasteiger partial charge in [0, 0.05) is 50.9 Å². The van der Waals surface area contributed by atoms with E-state index < -0.39 is 16.2 Å². The highest BCUT2D eigenvalue weighted by molar-refractivity contribution is 7.89. The maximum absolute atomic E-state index is 13.6. The van der Waals surface area contributed by atoms with E-state index in [0.29, 0.717) is 56.6 Å². The van der Waals surface area contributed by atoms with Crippen LogP contribution < -0.4 is 15.4 Å². The second-order valence-electron chi connectivity index (χ2n) is 10.2. The lowest BCUT2D eigenvalue weighted by Gasteiger charge is -2.38. The van der Waals surface area contributed by atoms with Gasteiger partial charge in [-0.1, -0.05) is 27.2 Å². The molecule has 1 amide bonds. The van der Waals surface area contributed by atoms with Gasteiger partial charge in [-0.05, 0) is 43.5 Å². The summed E-state index contributed by atoms with van der Waals surface area (Å²) in [6, 6.07) is 4.76. The van der Waals surface area contributed by atoms with Crippen molar-refractivity contribution in [3.63, 3.8) is 0 Å². The second-order valence-corrected chi connectivity index (χ2v) is 12.2. The van der Waals surface area contributed by atoms with E-state index in [-0.39, 0.29) is 29.5 Å². The van der Waals surface area contributed by atoms with Crippen molar-refractivity contribution >= 4 is 15.9 Å². The van der Waals surface area contributed by atoms with Gasteiger partial charge in [-0.25, -0.2) is 8.42 Å². The van der Waals surface area contributed by atoms with Crippen LogP contribution in [0, 0.1) is 5.92 Å². The minimum atomic E-state index is -3.72. The standard InChI is InChI=1S/C26H43N5O5S/c1-4-7-19-18-30(6-3)24-23(19)27-25(28-26(24)33)21-17-20(8-9-22(21)36-16-5-2)37(34,35)31-12-10-29(11-13-31)14-15-32/h8-9,17,19,23-25,27,32H,4-7,10-16,18H2,1-3H3,(H,28,33). The zero-order valence-corrected chi connectivity index (χ0v) is 23.2. The number of nitrogens with one attached hydrogen (secondary N) is 2. The first kappa shape index (κ1) is 28.3. The number of sulfonamides is 1. The molecule has 4 atom stereocenters. The van der Waals surface area contributed by atoms with Crippen LogP contribution >= 0.6 is 0 Å². The van der Waals surface area contributed by atoms with Crippen LogP contribution in [0.2, 0.25) is 0 Å². The molecule has 0 aliphatic carbocycles. The van der Waals surface area contributed by atoms with Crippen molar-refractivity contribution < 1.29 is 23.1 Å². The Bertz CT molecular complexity index is 1030. The molecule has 1 aromatic rings. The molecule has 1 aromatic carbocycles. The first-order valence-corrected chi connectivity index (χ1v) is 15.2. The number of nitrogens with zero attached hydrogens (tertiary/aromatic N) is 3. The van der Waals surface area contributed by atoms with Crippen LogP contribution in [0.4, 0.5) is 0 Å². The van der Waals surface area contributed by atoms with Crippen molar-refractivity contribution in [1.82, 2.24) is 24.7 Å². The Labute approximate surface area is 221 Å². The van der Waals surface area contributed by atoms with Crippen LogP contribution in [-0.4, -0.2) is 105 Å². The SMILES string of the molecule is CCCOc1ccc(S(=O)(=O)N2CCN(CCO)CC2)cc1C1NC(=O)C2C(N1)C(CCC)CN2CC. The highest BCUT2D eigenvalue weighted by Crippen LogP contribution is 2.35. The summed E-state index contributed by atoms with van der Waals surface area (Å²) in [6.07, 6.45) is 2.36. The highest BCUT2D eigenvalue weighted by atomic mass is 32.2. The largest absolute Gasteiger partial charge is 0.493 e. The number of fused-ring (bicyclic) bond motifs is 1. The van der Waals surface area contributed by atoms with Gasteiger partial charge in [-0.2, -0.15) is 4.31 Å². The third kappa shape index (κ3) is 5.97. The normalized spacial score (nSPS) is 27.7. The van der Waals surface area contributed by atoms with E-state index in [1.165, 1.54) is 4.31 Å². The number of likely N-dealkylation sites (tertiary alicyclic amines) is 1. The van der Waals surface area contributed by atoms with Gasteiger partial charge >= 0.3 is 0 Å². The summed E-state index contributed by atoms with van der Waals surface area (Å²) in [4.78, 5) is 17.8. The van der Waals surface area contributed by atoms with Crippen LogP contribution in [-0.2, 0) is 14.8 Å². The summed E-state index contributed by atoms with van der Waals surface area (Å²) in [5.41, 5.74) is 0.644. The first-order chi connectivity index (χ1) is 17.8. The number of carbonyl (C=O) groups excluding carboxylic acids is 1. The van der Waals surface area contributed by atoms with Crippen molar-refractivity contribution in [3.8, 4) is 5.75 Å². The Morgan fingerprint density at radius 3 is 2.51 bits per heavy atom. The number of piperazine rings is 1. The number of amides is 1. The Kier molecular flexibility index (Phi) is 9.47. The predicted octanol–water partition coefficient (Wildman–Crippen LogP) is 0.981. The molecule has 37 heavy (non-hydrogen) atoms. The Morgan fingerprint density at radius 1 is 1.11 bits per heavy atom. The average Bonchev–Trinajstić information content (AvgIpc) is 3.26. The molecule has 208 valence electrons. The fraction of sp³-hybridized carbons (Fsp3) is 0.731. The minimum absolute atomic E-state index is 0.00228. The van der Waals surface area contributed by atoms with E-state index >= 15 is 0 Å². The van der Waals surface area contributed by atoms with Crippen molar-refractivity contribution in [2.24, 2.45) is 5.92 Å². The molecular formula is C26H43N5O5S. The molecular weight excluding hydrogens is 494 g/mol. The van der Waals surface area contributed by atoms with Crippen molar-refractivity contribution in [1.29, 1.82) is 0 Å². The second kappa shape index (κ2) is 12.4. The molecule has 0 radical (unpaired) electrons. The number of likely N-dealkylation sites (N-methyl/N-ethyl adjacent to an activating group) is 1. The molecule has 3 aliphatic heterocycles. The van der Waals surface area contributed by atoms with Gasteiger partial charge in [-0.15, -0.1) is 0 Å². The molecule has 0 spiro atoms. The number of hydrogen-bond donors (Lipinski definition) is 3. The number of carbonyl (C=O) groups is 1. The fourth-order valence-electron chi connectivity index (χ4n) is 5.91. The number of β-amino-alcohol motifs (C(OH)–C–C–N with tert-alkyl or cyclic N) is 1. The zero-order valence-electron chi connectivity index (χ0n) is 22.4. The van der Waals surface area contributed by atoms with E-state index in [1.54, 1.807) is 18.2 Å². The van der Waals surface area contributed by atoms with Crippen LogP contribution in [0.5, 0.6) is 5.75 Å². The maximum Gasteiger partial charge on any atom is 0.243 e. The number of hydrogen-bond acceptors (Lipinski definition) is 8. The van der Waals surface area contributed by atoms with Gasteiger partial charge in [0.15, 0.2) is 0 Å². The van der Waals surface area contributed by atoms with E-state index in [0.717, 1.165) is 32.4 Å². The number of rotatable bonds is 11. The average molecular weight is 538 g/mol. The maximum atomic E-state index is 13.6. The number of aliphatic hydroxyl groups excluding tert-OH is 1. The van der Waals surface area contributed by atoms with Crippen LogP contribution in [0.15, 0.2) is 23.1 Å². The molecule has 4 rings (SSSR count). The summed E-state index contributed by atoms with van der Waals surface area (Å²) in [7, 11) is -3.72. The molecule has 3 N–H and O–H groups in total. The van der Waals surface area contributed by atoms with Gasteiger partial charge in [0.25, 0.3) is 0 Å². The van der Waals surface area contributed by atoms with Crippen LogP contribution in [0.25, 0.3) is 0 Å². The molecule has 0 saturated carbocycles. The van der Waals surface area contributed by atoms with Gasteiger partial charge in [0.05, 0.1) is 18.1 Å². The summed E-state index contributed by atoms with van der Waals surface area (Å²) in [6.45, 7) is 11.0. The molecule has 3 saturated heterocycles. The molecule has 11 heteroatoms. The van der Waals surface area contributed by atoms with Gasteiger partial charge in [-0.3, -0.25) is 19.9 Å². The monoisotopic (exact) mass is 537 g/mol. The number of aliphatic hydroxyl groups is 1. The van der Waals surface area contributed by atoms with E-state index in [2.05, 4.69) is 34.3 Å². The molecule has 3 aliphatic rings. The van der Waals surface area contributed by atoms with Gasteiger partial charge in [0.2, 0.25) is 15.9 Å². The zero-order chi connectivity index (χ0) is 26.6. The number of benzene rings is 1. The Morgan fingerprint density at radius 2 is 1.86 bits per heavy atom. The molecule has 3 heterocycles. The predicted molar refractivity (Wildman–Crippen MR) is 142 cm³/mol. The minimum Gasteiger partial charge on any atom is -0.493 e. The third-order valence-electron chi connectivity index (χ3n) is 7.83.